The van der Waals surface area contributed by atoms with E-state index in [1.54, 1.807) is 17.1 Å². The third-order valence-corrected chi connectivity index (χ3v) is 4.10. The van der Waals surface area contributed by atoms with Crippen molar-refractivity contribution in [3.8, 4) is 6.07 Å². The molecular weight excluding hydrogens is 278 g/mol. The number of benzene rings is 1. The minimum atomic E-state index is -3.53. The van der Waals surface area contributed by atoms with Gasteiger partial charge in [0.1, 0.15) is 0 Å². The lowest BCUT2D eigenvalue weighted by molar-refractivity contribution is 0.542. The summed E-state index contributed by atoms with van der Waals surface area (Å²) in [6.45, 7) is 0.901. The van der Waals surface area contributed by atoms with Crippen molar-refractivity contribution in [3.05, 3.63) is 42.2 Å². The van der Waals surface area contributed by atoms with E-state index in [0.717, 1.165) is 0 Å². The Morgan fingerprint density at radius 2 is 2.05 bits per heavy atom. The minimum Gasteiger partial charge on any atom is -0.253 e. The zero-order chi connectivity index (χ0) is 14.4. The number of hydrogen-bond acceptors (Lipinski definition) is 5. The first kappa shape index (κ1) is 14.2. The first-order valence-corrected chi connectivity index (χ1v) is 7.44. The molecule has 0 radical (unpaired) electrons. The van der Waals surface area contributed by atoms with Gasteiger partial charge in [-0.1, -0.05) is 5.21 Å². The summed E-state index contributed by atoms with van der Waals surface area (Å²) in [6, 6.07) is 7.72. The summed E-state index contributed by atoms with van der Waals surface area (Å²) in [6.07, 6.45) is 3.90. The molecule has 8 heteroatoms. The predicted octanol–water partition coefficient (Wildman–Crippen LogP) is 0.518. The van der Waals surface area contributed by atoms with Crippen LogP contribution >= 0.6 is 0 Å². The molecule has 0 spiro atoms. The van der Waals surface area contributed by atoms with E-state index in [9.17, 15) is 8.42 Å². The molecule has 0 fully saturated rings. The van der Waals surface area contributed by atoms with Gasteiger partial charge in [-0.3, -0.25) is 4.68 Å². The molecule has 0 aliphatic carbocycles. The normalized spacial score (nSPS) is 11.2. The zero-order valence-corrected chi connectivity index (χ0v) is 11.4. The molecule has 1 aromatic carbocycles. The van der Waals surface area contributed by atoms with E-state index in [2.05, 4.69) is 15.0 Å². The third kappa shape index (κ3) is 3.63. The summed E-state index contributed by atoms with van der Waals surface area (Å²) in [5.74, 6) is 0. The number of rotatable bonds is 6. The highest BCUT2D eigenvalue weighted by Crippen LogP contribution is 2.09. The van der Waals surface area contributed by atoms with Crippen LogP contribution < -0.4 is 4.72 Å². The molecule has 0 unspecified atom stereocenters. The van der Waals surface area contributed by atoms with Crippen LogP contribution in [0.5, 0.6) is 0 Å². The summed E-state index contributed by atoms with van der Waals surface area (Å²) in [7, 11) is -3.53. The van der Waals surface area contributed by atoms with Crippen LogP contribution in [-0.2, 0) is 16.6 Å². The molecule has 0 aliphatic rings. The quantitative estimate of drug-likeness (QED) is 0.782. The van der Waals surface area contributed by atoms with Crippen LogP contribution in [0.2, 0.25) is 0 Å². The van der Waals surface area contributed by atoms with Crippen molar-refractivity contribution >= 4 is 10.0 Å². The standard InChI is InChI=1S/C12H13N5O2S/c13-10-11-2-4-12(5-3-11)20(18,19)15-6-1-8-17-9-7-14-16-17/h2-5,7,9,15H,1,6,8H2. The van der Waals surface area contributed by atoms with Gasteiger partial charge in [-0.15, -0.1) is 5.10 Å². The predicted molar refractivity (Wildman–Crippen MR) is 71.0 cm³/mol. The molecule has 2 rings (SSSR count). The number of nitriles is 1. The topological polar surface area (TPSA) is 101 Å². The summed E-state index contributed by atoms with van der Waals surface area (Å²) in [4.78, 5) is 0.150. The van der Waals surface area contributed by atoms with Crippen LogP contribution in [0.3, 0.4) is 0 Å². The van der Waals surface area contributed by atoms with Gasteiger partial charge in [-0.25, -0.2) is 13.1 Å². The van der Waals surface area contributed by atoms with Crippen LogP contribution in [0, 0.1) is 11.3 Å². The molecule has 0 aliphatic heterocycles. The number of nitrogens with one attached hydrogen (secondary N) is 1. The van der Waals surface area contributed by atoms with Crippen LogP contribution in [0.4, 0.5) is 0 Å². The molecule has 1 N–H and O–H groups in total. The van der Waals surface area contributed by atoms with E-state index in [1.807, 2.05) is 6.07 Å². The highest BCUT2D eigenvalue weighted by atomic mass is 32.2. The Morgan fingerprint density at radius 1 is 1.30 bits per heavy atom. The first-order valence-electron chi connectivity index (χ1n) is 5.96. The molecule has 1 heterocycles. The lowest BCUT2D eigenvalue weighted by atomic mass is 10.2. The first-order chi connectivity index (χ1) is 9.62. The van der Waals surface area contributed by atoms with Crippen LogP contribution in [0.15, 0.2) is 41.6 Å². The maximum absolute atomic E-state index is 12.0. The summed E-state index contributed by atoms with van der Waals surface area (Å²) >= 11 is 0. The Kier molecular flexibility index (Phi) is 4.45. The molecule has 2 aromatic rings. The highest BCUT2D eigenvalue weighted by Gasteiger charge is 2.12. The monoisotopic (exact) mass is 291 g/mol. The summed E-state index contributed by atoms with van der Waals surface area (Å²) in [5, 5.41) is 16.1. The van der Waals surface area contributed by atoms with E-state index in [-0.39, 0.29) is 4.90 Å². The van der Waals surface area contributed by atoms with Crippen molar-refractivity contribution in [2.75, 3.05) is 6.54 Å². The van der Waals surface area contributed by atoms with E-state index in [1.165, 1.54) is 24.3 Å². The Hall–Kier alpha value is -2.24. The molecule has 0 saturated heterocycles. The summed E-state index contributed by atoms with van der Waals surface area (Å²) in [5.41, 5.74) is 0.426. The van der Waals surface area contributed by atoms with Gasteiger partial charge >= 0.3 is 0 Å². The van der Waals surface area contributed by atoms with E-state index in [4.69, 9.17) is 5.26 Å². The fourth-order valence-corrected chi connectivity index (χ4v) is 2.67. The van der Waals surface area contributed by atoms with Crippen molar-refractivity contribution in [2.24, 2.45) is 0 Å². The Morgan fingerprint density at radius 3 is 2.65 bits per heavy atom. The molecule has 7 nitrogen and oxygen atoms in total. The van der Waals surface area contributed by atoms with Gasteiger partial charge in [0, 0.05) is 19.3 Å². The molecule has 104 valence electrons. The minimum absolute atomic E-state index is 0.150. The van der Waals surface area contributed by atoms with Gasteiger partial charge in [-0.05, 0) is 30.7 Å². The Labute approximate surface area is 116 Å². The molecule has 0 bridgehead atoms. The third-order valence-electron chi connectivity index (χ3n) is 2.62. The van der Waals surface area contributed by atoms with Gasteiger partial charge in [0.2, 0.25) is 10.0 Å². The number of aryl methyl sites for hydroxylation is 1. The number of nitrogens with zero attached hydrogens (tertiary/aromatic N) is 4. The lowest BCUT2D eigenvalue weighted by Gasteiger charge is -2.06. The smallest absolute Gasteiger partial charge is 0.240 e. The molecular formula is C12H13N5O2S. The average molecular weight is 291 g/mol. The fraction of sp³-hybridized carbons (Fsp3) is 0.250. The Balaban J connectivity index is 1.88. The van der Waals surface area contributed by atoms with Gasteiger partial charge in [0.05, 0.1) is 22.7 Å². The van der Waals surface area contributed by atoms with Gasteiger partial charge in [0.25, 0.3) is 0 Å². The number of aromatic nitrogens is 3. The van der Waals surface area contributed by atoms with Crippen molar-refractivity contribution in [2.45, 2.75) is 17.9 Å². The lowest BCUT2D eigenvalue weighted by Crippen LogP contribution is -2.25. The molecule has 1 aromatic heterocycles. The summed E-state index contributed by atoms with van der Waals surface area (Å²) < 4.78 is 28.1. The van der Waals surface area contributed by atoms with Crippen LogP contribution in [-0.4, -0.2) is 30.0 Å². The SMILES string of the molecule is N#Cc1ccc(S(=O)(=O)NCCCn2ccnn2)cc1. The van der Waals surface area contributed by atoms with Crippen molar-refractivity contribution < 1.29 is 8.42 Å². The largest absolute Gasteiger partial charge is 0.253 e. The second kappa shape index (κ2) is 6.27. The van der Waals surface area contributed by atoms with Crippen LogP contribution in [0.1, 0.15) is 12.0 Å². The zero-order valence-electron chi connectivity index (χ0n) is 10.6. The van der Waals surface area contributed by atoms with Crippen molar-refractivity contribution in [1.29, 1.82) is 5.26 Å². The highest BCUT2D eigenvalue weighted by molar-refractivity contribution is 7.89. The van der Waals surface area contributed by atoms with E-state index in [0.29, 0.717) is 25.1 Å². The van der Waals surface area contributed by atoms with E-state index < -0.39 is 10.0 Å². The molecule has 0 saturated carbocycles. The van der Waals surface area contributed by atoms with Gasteiger partial charge in [0.15, 0.2) is 0 Å². The van der Waals surface area contributed by atoms with Crippen LogP contribution in [0.25, 0.3) is 0 Å². The maximum Gasteiger partial charge on any atom is 0.240 e. The fourth-order valence-electron chi connectivity index (χ4n) is 1.59. The van der Waals surface area contributed by atoms with Crippen molar-refractivity contribution in [1.82, 2.24) is 19.7 Å². The van der Waals surface area contributed by atoms with Gasteiger partial charge < -0.3 is 0 Å². The second-order valence-electron chi connectivity index (χ2n) is 4.05. The number of hydrogen-bond donors (Lipinski definition) is 1. The molecule has 20 heavy (non-hydrogen) atoms. The van der Waals surface area contributed by atoms with Gasteiger partial charge in [-0.2, -0.15) is 5.26 Å². The molecule has 0 amide bonds. The van der Waals surface area contributed by atoms with Crippen molar-refractivity contribution in [3.63, 3.8) is 0 Å². The average Bonchev–Trinajstić information content (AvgIpc) is 2.97. The molecule has 0 atom stereocenters. The second-order valence-corrected chi connectivity index (χ2v) is 5.82. The number of sulfonamides is 1. The Bertz CT molecular complexity index is 686. The maximum atomic E-state index is 12.0. The van der Waals surface area contributed by atoms with E-state index >= 15 is 0 Å².